The molecule has 1 aromatic heterocycles. The van der Waals surface area contributed by atoms with Gasteiger partial charge < -0.3 is 9.47 Å². The number of para-hydroxylation sites is 2. The normalized spacial score (nSPS) is 11.5. The molecule has 0 spiro atoms. The molecule has 0 amide bonds. The van der Waals surface area contributed by atoms with E-state index in [-0.39, 0.29) is 0 Å². The number of hydrogen-bond acceptors (Lipinski definition) is 2. The Kier molecular flexibility index (Phi) is 4.77. The third-order valence-electron chi connectivity index (χ3n) is 4.57. The number of aromatic nitrogens is 2. The van der Waals surface area contributed by atoms with Crippen molar-refractivity contribution in [2.75, 3.05) is 19.6 Å². The second-order valence-corrected chi connectivity index (χ2v) is 5.92. The first-order valence-electron chi connectivity index (χ1n) is 8.48. The molecular formula is C20H25N3. The molecule has 0 aliphatic carbocycles. The van der Waals surface area contributed by atoms with Gasteiger partial charge >= 0.3 is 0 Å². The van der Waals surface area contributed by atoms with Gasteiger partial charge in [-0.05, 0) is 37.7 Å². The van der Waals surface area contributed by atoms with E-state index >= 15 is 0 Å². The van der Waals surface area contributed by atoms with Gasteiger partial charge in [-0.1, -0.05) is 50.2 Å². The van der Waals surface area contributed by atoms with Crippen molar-refractivity contribution >= 4 is 11.0 Å². The Morgan fingerprint density at radius 1 is 0.957 bits per heavy atom. The van der Waals surface area contributed by atoms with Crippen LogP contribution in [-0.4, -0.2) is 34.1 Å². The van der Waals surface area contributed by atoms with Crippen LogP contribution in [0.4, 0.5) is 0 Å². The van der Waals surface area contributed by atoms with Crippen LogP contribution in [0.1, 0.15) is 19.4 Å². The molecule has 0 atom stereocenters. The third kappa shape index (κ3) is 3.15. The van der Waals surface area contributed by atoms with Crippen LogP contribution in [0.2, 0.25) is 0 Å². The van der Waals surface area contributed by atoms with Crippen molar-refractivity contribution in [3.05, 3.63) is 54.1 Å². The molecule has 0 fully saturated rings. The standard InChI is InChI=1S/C20H25N3/c1-4-22(5-2)14-15-23-19-13-9-8-12-18(19)21-20(23)17-11-7-6-10-16(17)3/h6-13H,4-5,14-15H2,1-3H3. The monoisotopic (exact) mass is 307 g/mol. The Morgan fingerprint density at radius 3 is 2.39 bits per heavy atom. The zero-order valence-electron chi connectivity index (χ0n) is 14.3. The molecule has 0 saturated carbocycles. The smallest absolute Gasteiger partial charge is 0.141 e. The topological polar surface area (TPSA) is 21.1 Å². The quantitative estimate of drug-likeness (QED) is 0.675. The van der Waals surface area contributed by atoms with Gasteiger partial charge in [0.1, 0.15) is 5.82 Å². The lowest BCUT2D eigenvalue weighted by atomic mass is 10.1. The molecule has 0 saturated heterocycles. The lowest BCUT2D eigenvalue weighted by Gasteiger charge is -2.19. The Balaban J connectivity index is 2.06. The summed E-state index contributed by atoms with van der Waals surface area (Å²) in [5, 5.41) is 0. The third-order valence-corrected chi connectivity index (χ3v) is 4.57. The summed E-state index contributed by atoms with van der Waals surface area (Å²) < 4.78 is 2.37. The summed E-state index contributed by atoms with van der Waals surface area (Å²) in [7, 11) is 0. The first-order chi connectivity index (χ1) is 11.2. The van der Waals surface area contributed by atoms with E-state index in [4.69, 9.17) is 4.98 Å². The largest absolute Gasteiger partial charge is 0.323 e. The lowest BCUT2D eigenvalue weighted by Crippen LogP contribution is -2.27. The fraction of sp³-hybridized carbons (Fsp3) is 0.350. The summed E-state index contributed by atoms with van der Waals surface area (Å²) in [5.41, 5.74) is 4.79. The molecule has 23 heavy (non-hydrogen) atoms. The van der Waals surface area contributed by atoms with Crippen molar-refractivity contribution in [3.63, 3.8) is 0 Å². The van der Waals surface area contributed by atoms with Crippen LogP contribution in [0.3, 0.4) is 0 Å². The van der Waals surface area contributed by atoms with Gasteiger partial charge in [0, 0.05) is 18.7 Å². The number of rotatable bonds is 6. The molecular weight excluding hydrogens is 282 g/mol. The average Bonchev–Trinajstić information content (AvgIpc) is 2.95. The van der Waals surface area contributed by atoms with Gasteiger partial charge in [-0.15, -0.1) is 0 Å². The van der Waals surface area contributed by atoms with E-state index in [0.29, 0.717) is 0 Å². The van der Waals surface area contributed by atoms with Crippen molar-refractivity contribution in [1.82, 2.24) is 14.5 Å². The summed E-state index contributed by atoms with van der Waals surface area (Å²) in [6.45, 7) is 10.8. The van der Waals surface area contributed by atoms with E-state index in [0.717, 1.165) is 37.5 Å². The molecule has 3 aromatic rings. The SMILES string of the molecule is CCN(CC)CCn1c(-c2ccccc2C)nc2ccccc21. The number of aryl methyl sites for hydroxylation is 1. The highest BCUT2D eigenvalue weighted by molar-refractivity contribution is 5.81. The summed E-state index contributed by atoms with van der Waals surface area (Å²) in [6.07, 6.45) is 0. The maximum absolute atomic E-state index is 4.92. The van der Waals surface area contributed by atoms with Crippen LogP contribution in [0, 0.1) is 6.92 Å². The molecule has 0 N–H and O–H groups in total. The van der Waals surface area contributed by atoms with E-state index in [9.17, 15) is 0 Å². The zero-order valence-corrected chi connectivity index (χ0v) is 14.3. The minimum atomic E-state index is 0.964. The van der Waals surface area contributed by atoms with Crippen LogP contribution in [0.25, 0.3) is 22.4 Å². The molecule has 0 radical (unpaired) electrons. The van der Waals surface area contributed by atoms with Gasteiger partial charge in [-0.2, -0.15) is 0 Å². The zero-order chi connectivity index (χ0) is 16.2. The van der Waals surface area contributed by atoms with Crippen molar-refractivity contribution in [1.29, 1.82) is 0 Å². The Hall–Kier alpha value is -2.13. The van der Waals surface area contributed by atoms with Gasteiger partial charge in [-0.3, -0.25) is 0 Å². The van der Waals surface area contributed by atoms with Crippen LogP contribution < -0.4 is 0 Å². The van der Waals surface area contributed by atoms with E-state index in [1.165, 1.54) is 16.6 Å². The predicted molar refractivity (Wildman–Crippen MR) is 97.7 cm³/mol. The highest BCUT2D eigenvalue weighted by Crippen LogP contribution is 2.27. The summed E-state index contributed by atoms with van der Waals surface area (Å²) in [4.78, 5) is 7.37. The second kappa shape index (κ2) is 6.97. The minimum Gasteiger partial charge on any atom is -0.323 e. The number of likely N-dealkylation sites (N-methyl/N-ethyl adjacent to an activating group) is 1. The number of benzene rings is 2. The van der Waals surface area contributed by atoms with Crippen molar-refractivity contribution in [2.24, 2.45) is 0 Å². The molecule has 0 bridgehead atoms. The predicted octanol–water partition coefficient (Wildman–Crippen LogP) is 4.35. The first-order valence-corrected chi connectivity index (χ1v) is 8.48. The lowest BCUT2D eigenvalue weighted by molar-refractivity contribution is 0.292. The van der Waals surface area contributed by atoms with Crippen molar-refractivity contribution < 1.29 is 0 Å². The highest BCUT2D eigenvalue weighted by Gasteiger charge is 2.14. The first kappa shape index (κ1) is 15.8. The van der Waals surface area contributed by atoms with Gasteiger partial charge in [0.2, 0.25) is 0 Å². The molecule has 2 aromatic carbocycles. The molecule has 0 aliphatic rings. The van der Waals surface area contributed by atoms with Crippen LogP contribution >= 0.6 is 0 Å². The van der Waals surface area contributed by atoms with Crippen molar-refractivity contribution in [2.45, 2.75) is 27.3 Å². The van der Waals surface area contributed by atoms with E-state index in [1.807, 2.05) is 0 Å². The maximum atomic E-state index is 4.92. The molecule has 3 heteroatoms. The second-order valence-electron chi connectivity index (χ2n) is 5.92. The van der Waals surface area contributed by atoms with Gasteiger partial charge in [0.15, 0.2) is 0 Å². The molecule has 3 rings (SSSR count). The van der Waals surface area contributed by atoms with Crippen LogP contribution in [-0.2, 0) is 6.54 Å². The fourth-order valence-corrected chi connectivity index (χ4v) is 3.11. The summed E-state index contributed by atoms with van der Waals surface area (Å²) >= 11 is 0. The number of nitrogens with zero attached hydrogens (tertiary/aromatic N) is 3. The Bertz CT molecular complexity index is 784. The average molecular weight is 307 g/mol. The summed E-state index contributed by atoms with van der Waals surface area (Å²) in [5.74, 6) is 1.08. The van der Waals surface area contributed by atoms with Crippen molar-refractivity contribution in [3.8, 4) is 11.4 Å². The Morgan fingerprint density at radius 2 is 1.65 bits per heavy atom. The number of hydrogen-bond donors (Lipinski definition) is 0. The molecule has 0 aliphatic heterocycles. The number of imidazole rings is 1. The molecule has 120 valence electrons. The molecule has 1 heterocycles. The van der Waals surface area contributed by atoms with Gasteiger partial charge in [-0.25, -0.2) is 4.98 Å². The van der Waals surface area contributed by atoms with Gasteiger partial charge in [0.05, 0.1) is 11.0 Å². The fourth-order valence-electron chi connectivity index (χ4n) is 3.11. The molecule has 0 unspecified atom stereocenters. The minimum absolute atomic E-state index is 0.964. The Labute approximate surface area is 138 Å². The highest BCUT2D eigenvalue weighted by atomic mass is 15.2. The van der Waals surface area contributed by atoms with Gasteiger partial charge in [0.25, 0.3) is 0 Å². The van der Waals surface area contributed by atoms with Crippen LogP contribution in [0.15, 0.2) is 48.5 Å². The number of fused-ring (bicyclic) bond motifs is 1. The van der Waals surface area contributed by atoms with E-state index in [1.54, 1.807) is 0 Å². The van der Waals surface area contributed by atoms with E-state index < -0.39 is 0 Å². The summed E-state index contributed by atoms with van der Waals surface area (Å²) in [6, 6.07) is 16.9. The molecule has 3 nitrogen and oxygen atoms in total. The van der Waals surface area contributed by atoms with Crippen LogP contribution in [0.5, 0.6) is 0 Å². The maximum Gasteiger partial charge on any atom is 0.141 e. The van der Waals surface area contributed by atoms with E-state index in [2.05, 4.69) is 78.8 Å².